The average Bonchev–Trinajstić information content (AvgIpc) is 3.04. The average molecular weight is 366 g/mol. The number of carbonyl (C=O) groups is 1. The highest BCUT2D eigenvalue weighted by Crippen LogP contribution is 2.22. The van der Waals surface area contributed by atoms with E-state index < -0.39 is 17.5 Å². The molecule has 2 heterocycles. The third-order valence-electron chi connectivity index (χ3n) is 3.63. The maximum atomic E-state index is 14.2. The summed E-state index contributed by atoms with van der Waals surface area (Å²) >= 11 is 1.04. The lowest BCUT2D eigenvalue weighted by atomic mass is 10.3. The van der Waals surface area contributed by atoms with Crippen molar-refractivity contribution in [1.29, 1.82) is 0 Å². The molecule has 0 aliphatic heterocycles. The lowest BCUT2D eigenvalue weighted by Gasteiger charge is -2.05. The highest BCUT2D eigenvalue weighted by molar-refractivity contribution is 7.16. The Bertz CT molecular complexity index is 1020. The minimum absolute atomic E-state index is 0.202. The molecule has 1 amide bonds. The first kappa shape index (κ1) is 17.4. The zero-order valence-corrected chi connectivity index (χ0v) is 14.7. The van der Waals surface area contributed by atoms with Gasteiger partial charge in [-0.15, -0.1) is 0 Å². The van der Waals surface area contributed by atoms with E-state index in [1.165, 1.54) is 22.4 Å². The fraction of sp³-hybridized carbons (Fsp3) is 0.312. The number of halogens is 2. The summed E-state index contributed by atoms with van der Waals surface area (Å²) < 4.78 is 36.2. The second kappa shape index (κ2) is 6.85. The summed E-state index contributed by atoms with van der Waals surface area (Å²) in [4.78, 5) is 16.8. The van der Waals surface area contributed by atoms with Crippen molar-refractivity contribution in [2.75, 3.05) is 13.7 Å². The predicted molar refractivity (Wildman–Crippen MR) is 89.4 cm³/mol. The van der Waals surface area contributed by atoms with Crippen molar-refractivity contribution in [3.05, 3.63) is 46.0 Å². The molecule has 1 aromatic carbocycles. The maximum absolute atomic E-state index is 14.2. The van der Waals surface area contributed by atoms with Crippen LogP contribution in [-0.4, -0.2) is 34.0 Å². The van der Waals surface area contributed by atoms with Crippen molar-refractivity contribution in [2.24, 2.45) is 12.0 Å². The molecule has 0 aliphatic carbocycles. The summed E-state index contributed by atoms with van der Waals surface area (Å²) in [5, 5.41) is 4.09. The number of carbonyl (C=O) groups excluding carboxylic acids is 1. The van der Waals surface area contributed by atoms with Crippen molar-refractivity contribution in [3.63, 3.8) is 0 Å². The van der Waals surface area contributed by atoms with E-state index in [-0.39, 0.29) is 22.6 Å². The van der Waals surface area contributed by atoms with Crippen LogP contribution in [0.1, 0.15) is 16.1 Å². The summed E-state index contributed by atoms with van der Waals surface area (Å²) in [5.74, 6) is -1.91. The molecular weight excluding hydrogens is 350 g/mol. The van der Waals surface area contributed by atoms with Crippen LogP contribution >= 0.6 is 11.3 Å². The number of aryl methyl sites for hydroxylation is 2. The molecule has 0 N–H and O–H groups in total. The van der Waals surface area contributed by atoms with E-state index in [4.69, 9.17) is 4.74 Å². The zero-order valence-electron chi connectivity index (χ0n) is 13.9. The van der Waals surface area contributed by atoms with Crippen molar-refractivity contribution in [3.8, 4) is 0 Å². The number of hydrogen-bond donors (Lipinski definition) is 0. The van der Waals surface area contributed by atoms with Gasteiger partial charge in [-0.3, -0.25) is 9.48 Å². The van der Waals surface area contributed by atoms with E-state index >= 15 is 0 Å². The van der Waals surface area contributed by atoms with Crippen molar-refractivity contribution < 1.29 is 18.3 Å². The Labute approximate surface area is 146 Å². The fourth-order valence-corrected chi connectivity index (χ4v) is 3.66. The van der Waals surface area contributed by atoms with E-state index in [0.29, 0.717) is 16.9 Å². The van der Waals surface area contributed by atoms with Crippen LogP contribution in [0.4, 0.5) is 8.78 Å². The van der Waals surface area contributed by atoms with Gasteiger partial charge in [0.25, 0.3) is 5.91 Å². The molecule has 0 atom stereocenters. The lowest BCUT2D eigenvalue weighted by molar-refractivity contribution is 0.0991. The van der Waals surface area contributed by atoms with Crippen molar-refractivity contribution >= 4 is 27.5 Å². The molecule has 0 bridgehead atoms. The van der Waals surface area contributed by atoms with Crippen LogP contribution in [0.15, 0.2) is 23.3 Å². The van der Waals surface area contributed by atoms with Crippen LogP contribution in [0.25, 0.3) is 10.2 Å². The highest BCUT2D eigenvalue weighted by atomic mass is 32.1. The summed E-state index contributed by atoms with van der Waals surface area (Å²) in [7, 11) is 3.23. The number of rotatable bonds is 4. The second-order valence-corrected chi connectivity index (χ2v) is 6.52. The van der Waals surface area contributed by atoms with Crippen LogP contribution < -0.4 is 4.80 Å². The summed E-state index contributed by atoms with van der Waals surface area (Å²) in [6.45, 7) is 2.34. The molecular formula is C16H16F2N4O2S. The SMILES string of the molecule is COCCn1c(=NC(=O)c2nn(C)cc2C)sc2cc(F)cc(F)c21. The molecule has 6 nitrogen and oxygen atoms in total. The van der Waals surface area contributed by atoms with Gasteiger partial charge in [0.15, 0.2) is 16.3 Å². The van der Waals surface area contributed by atoms with Crippen LogP contribution in [0.2, 0.25) is 0 Å². The van der Waals surface area contributed by atoms with E-state index in [2.05, 4.69) is 10.1 Å². The van der Waals surface area contributed by atoms with Crippen LogP contribution in [0, 0.1) is 18.6 Å². The minimum atomic E-state index is -0.703. The molecule has 25 heavy (non-hydrogen) atoms. The Morgan fingerprint density at radius 2 is 2.16 bits per heavy atom. The van der Waals surface area contributed by atoms with Crippen LogP contribution in [0.5, 0.6) is 0 Å². The second-order valence-electron chi connectivity index (χ2n) is 5.51. The number of benzene rings is 1. The van der Waals surface area contributed by atoms with Crippen molar-refractivity contribution in [1.82, 2.24) is 14.3 Å². The standard InChI is InChI=1S/C16H16F2N4O2S/c1-9-8-21(2)20-13(9)15(23)19-16-22(4-5-24-3)14-11(18)6-10(17)7-12(14)25-16/h6-8H,4-5H2,1-3H3. The predicted octanol–water partition coefficient (Wildman–Crippen LogP) is 2.41. The van der Waals surface area contributed by atoms with E-state index in [9.17, 15) is 13.6 Å². The van der Waals surface area contributed by atoms with Crippen LogP contribution in [0.3, 0.4) is 0 Å². The van der Waals surface area contributed by atoms with Gasteiger partial charge in [0.1, 0.15) is 5.82 Å². The first-order valence-electron chi connectivity index (χ1n) is 7.47. The molecule has 0 fully saturated rings. The molecule has 0 aliphatic rings. The number of aromatic nitrogens is 3. The Balaban J connectivity index is 2.18. The number of ether oxygens (including phenoxy) is 1. The van der Waals surface area contributed by atoms with E-state index in [1.54, 1.807) is 20.2 Å². The van der Waals surface area contributed by atoms with E-state index in [1.807, 2.05) is 0 Å². The van der Waals surface area contributed by atoms with Crippen LogP contribution in [-0.2, 0) is 18.3 Å². The molecule has 3 rings (SSSR count). The number of hydrogen-bond acceptors (Lipinski definition) is 4. The first-order chi connectivity index (χ1) is 11.9. The molecule has 132 valence electrons. The smallest absolute Gasteiger partial charge is 0.300 e. The molecule has 0 saturated heterocycles. The Morgan fingerprint density at radius 3 is 2.80 bits per heavy atom. The maximum Gasteiger partial charge on any atom is 0.300 e. The Hall–Kier alpha value is -2.39. The van der Waals surface area contributed by atoms with Gasteiger partial charge >= 0.3 is 0 Å². The van der Waals surface area contributed by atoms with Gasteiger partial charge in [0, 0.05) is 38.5 Å². The third-order valence-corrected chi connectivity index (χ3v) is 4.65. The van der Waals surface area contributed by atoms with Gasteiger partial charge in [-0.25, -0.2) is 8.78 Å². The minimum Gasteiger partial charge on any atom is -0.383 e. The molecule has 0 radical (unpaired) electrons. The number of thiazole rings is 1. The normalized spacial score (nSPS) is 12.3. The number of fused-ring (bicyclic) bond motifs is 1. The summed E-state index contributed by atoms with van der Waals surface area (Å²) in [6, 6.07) is 2.04. The van der Waals surface area contributed by atoms with Gasteiger partial charge in [0.2, 0.25) is 0 Å². The summed E-state index contributed by atoms with van der Waals surface area (Å²) in [6.07, 6.45) is 1.71. The van der Waals surface area contributed by atoms with Gasteiger partial charge in [-0.05, 0) is 13.0 Å². The highest BCUT2D eigenvalue weighted by Gasteiger charge is 2.16. The lowest BCUT2D eigenvalue weighted by Crippen LogP contribution is -2.20. The van der Waals surface area contributed by atoms with Gasteiger partial charge in [-0.1, -0.05) is 11.3 Å². The third kappa shape index (κ3) is 3.38. The molecule has 3 aromatic rings. The molecule has 0 unspecified atom stereocenters. The molecule has 2 aromatic heterocycles. The molecule has 0 spiro atoms. The molecule has 0 saturated carbocycles. The quantitative estimate of drug-likeness (QED) is 0.712. The fourth-order valence-electron chi connectivity index (χ4n) is 2.56. The Morgan fingerprint density at radius 1 is 1.40 bits per heavy atom. The number of methoxy groups -OCH3 is 1. The van der Waals surface area contributed by atoms with Gasteiger partial charge in [0.05, 0.1) is 16.8 Å². The first-order valence-corrected chi connectivity index (χ1v) is 8.29. The van der Waals surface area contributed by atoms with Crippen molar-refractivity contribution in [2.45, 2.75) is 13.5 Å². The molecule has 9 heteroatoms. The Kier molecular flexibility index (Phi) is 4.78. The largest absolute Gasteiger partial charge is 0.383 e. The number of nitrogens with zero attached hydrogens (tertiary/aromatic N) is 4. The zero-order chi connectivity index (χ0) is 18.1. The monoisotopic (exact) mass is 366 g/mol. The van der Waals surface area contributed by atoms with Gasteiger partial charge in [-0.2, -0.15) is 10.1 Å². The topological polar surface area (TPSA) is 61.4 Å². The number of amides is 1. The van der Waals surface area contributed by atoms with Gasteiger partial charge < -0.3 is 9.30 Å². The summed E-state index contributed by atoms with van der Waals surface area (Å²) in [5.41, 5.74) is 1.12. The van der Waals surface area contributed by atoms with E-state index in [0.717, 1.165) is 17.4 Å².